The van der Waals surface area contributed by atoms with Crippen molar-refractivity contribution >= 4 is 9.84 Å². The molecule has 3 nitrogen and oxygen atoms in total. The lowest BCUT2D eigenvalue weighted by Gasteiger charge is -2.17. The Labute approximate surface area is 95.3 Å². The second kappa shape index (κ2) is 4.39. The molecule has 1 aromatic carbocycles. The number of allylic oxidation sites excluding steroid dienone is 1. The Balaban J connectivity index is 2.40. The van der Waals surface area contributed by atoms with Gasteiger partial charge in [0.2, 0.25) is 9.84 Å². The first-order valence-electron chi connectivity index (χ1n) is 5.29. The summed E-state index contributed by atoms with van der Waals surface area (Å²) in [6.07, 6.45) is 2.73. The van der Waals surface area contributed by atoms with E-state index in [1.165, 1.54) is 6.08 Å². The minimum Gasteiger partial charge on any atom is -0.389 e. The molecule has 1 N–H and O–H groups in total. The standard InChI is InChI=1S/C12H14O3S/c13-10-5-4-8-12(9-10)16(14,15)11-6-2-1-3-7-11/h1-3,6-7,9-10,13H,4-5,8H2/t10-/m1/s1. The summed E-state index contributed by atoms with van der Waals surface area (Å²) in [5, 5.41) is 9.45. The Hall–Kier alpha value is -1.13. The molecule has 2 rings (SSSR count). The van der Waals surface area contributed by atoms with Crippen molar-refractivity contribution in [2.75, 3.05) is 0 Å². The third-order valence-corrected chi connectivity index (χ3v) is 4.62. The summed E-state index contributed by atoms with van der Waals surface area (Å²) in [6.45, 7) is 0. The van der Waals surface area contributed by atoms with E-state index in [-0.39, 0.29) is 0 Å². The minimum absolute atomic E-state index is 0.301. The highest BCUT2D eigenvalue weighted by molar-refractivity contribution is 7.95. The van der Waals surface area contributed by atoms with Crippen LogP contribution in [-0.4, -0.2) is 19.6 Å². The van der Waals surface area contributed by atoms with Crippen molar-refractivity contribution in [2.45, 2.75) is 30.3 Å². The lowest BCUT2D eigenvalue weighted by Crippen LogP contribution is -2.14. The zero-order valence-corrected chi connectivity index (χ0v) is 9.65. The average Bonchev–Trinajstić information content (AvgIpc) is 2.30. The summed E-state index contributed by atoms with van der Waals surface area (Å²) >= 11 is 0. The molecule has 0 amide bonds. The zero-order chi connectivity index (χ0) is 11.6. The van der Waals surface area contributed by atoms with Crippen LogP contribution in [0.3, 0.4) is 0 Å². The number of benzene rings is 1. The molecule has 0 aliphatic heterocycles. The van der Waals surface area contributed by atoms with E-state index in [1.54, 1.807) is 30.3 Å². The minimum atomic E-state index is -3.39. The van der Waals surface area contributed by atoms with Gasteiger partial charge in [-0.05, 0) is 37.5 Å². The van der Waals surface area contributed by atoms with Gasteiger partial charge in [0, 0.05) is 4.91 Å². The molecular weight excluding hydrogens is 224 g/mol. The van der Waals surface area contributed by atoms with Gasteiger partial charge in [0.15, 0.2) is 0 Å². The Morgan fingerprint density at radius 2 is 1.88 bits per heavy atom. The number of hydrogen-bond acceptors (Lipinski definition) is 3. The van der Waals surface area contributed by atoms with Gasteiger partial charge in [0.1, 0.15) is 0 Å². The number of aliphatic hydroxyl groups is 1. The topological polar surface area (TPSA) is 54.4 Å². The molecule has 0 bridgehead atoms. The van der Waals surface area contributed by atoms with Crippen molar-refractivity contribution < 1.29 is 13.5 Å². The van der Waals surface area contributed by atoms with Gasteiger partial charge in [-0.1, -0.05) is 18.2 Å². The molecule has 1 aliphatic carbocycles. The smallest absolute Gasteiger partial charge is 0.202 e. The highest BCUT2D eigenvalue weighted by Gasteiger charge is 2.23. The number of sulfone groups is 1. The zero-order valence-electron chi connectivity index (χ0n) is 8.83. The van der Waals surface area contributed by atoms with E-state index in [1.807, 2.05) is 0 Å². The van der Waals surface area contributed by atoms with E-state index in [0.29, 0.717) is 22.6 Å². The normalized spacial score (nSPS) is 21.6. The maximum absolute atomic E-state index is 12.2. The monoisotopic (exact) mass is 238 g/mol. The molecule has 1 aliphatic rings. The van der Waals surface area contributed by atoms with Crippen molar-refractivity contribution in [1.29, 1.82) is 0 Å². The first-order valence-corrected chi connectivity index (χ1v) is 6.78. The van der Waals surface area contributed by atoms with Gasteiger partial charge in [-0.2, -0.15) is 0 Å². The van der Waals surface area contributed by atoms with E-state index in [4.69, 9.17) is 0 Å². The Morgan fingerprint density at radius 3 is 2.50 bits per heavy atom. The van der Waals surface area contributed by atoms with Crippen LogP contribution in [0.5, 0.6) is 0 Å². The molecule has 0 radical (unpaired) electrons. The quantitative estimate of drug-likeness (QED) is 0.856. The maximum Gasteiger partial charge on any atom is 0.202 e. The molecule has 1 atom stereocenters. The Morgan fingerprint density at radius 1 is 1.19 bits per heavy atom. The molecule has 1 aromatic rings. The fourth-order valence-electron chi connectivity index (χ4n) is 1.84. The second-order valence-corrected chi connectivity index (χ2v) is 5.91. The van der Waals surface area contributed by atoms with Gasteiger partial charge in [-0.25, -0.2) is 8.42 Å². The maximum atomic E-state index is 12.2. The highest BCUT2D eigenvalue weighted by atomic mass is 32.2. The van der Waals surface area contributed by atoms with Crippen LogP contribution in [0.1, 0.15) is 19.3 Å². The molecule has 0 aromatic heterocycles. The second-order valence-electron chi connectivity index (χ2n) is 3.91. The van der Waals surface area contributed by atoms with Gasteiger partial charge in [0.05, 0.1) is 11.0 Å². The van der Waals surface area contributed by atoms with E-state index in [9.17, 15) is 13.5 Å². The molecular formula is C12H14O3S. The summed E-state index contributed by atoms with van der Waals surface area (Å²) < 4.78 is 24.3. The van der Waals surface area contributed by atoms with Crippen LogP contribution < -0.4 is 0 Å². The fourth-order valence-corrected chi connectivity index (χ4v) is 3.41. The van der Waals surface area contributed by atoms with Crippen LogP contribution in [0.4, 0.5) is 0 Å². The molecule has 0 fully saturated rings. The Bertz CT molecular complexity index is 488. The van der Waals surface area contributed by atoms with Gasteiger partial charge in [-0.15, -0.1) is 0 Å². The van der Waals surface area contributed by atoms with E-state index >= 15 is 0 Å². The first kappa shape index (κ1) is 11.4. The van der Waals surface area contributed by atoms with Crippen LogP contribution >= 0.6 is 0 Å². The predicted molar refractivity (Wildman–Crippen MR) is 61.6 cm³/mol. The van der Waals surface area contributed by atoms with Gasteiger partial charge >= 0.3 is 0 Å². The van der Waals surface area contributed by atoms with Crippen molar-refractivity contribution in [3.8, 4) is 0 Å². The number of hydrogen-bond donors (Lipinski definition) is 1. The van der Waals surface area contributed by atoms with Crippen molar-refractivity contribution in [3.05, 3.63) is 41.3 Å². The van der Waals surface area contributed by atoms with Gasteiger partial charge < -0.3 is 5.11 Å². The molecule has 0 spiro atoms. The van der Waals surface area contributed by atoms with E-state index in [0.717, 1.165) is 6.42 Å². The van der Waals surface area contributed by atoms with Crippen molar-refractivity contribution in [2.24, 2.45) is 0 Å². The predicted octanol–water partition coefficient (Wildman–Crippen LogP) is 1.89. The van der Waals surface area contributed by atoms with Crippen LogP contribution in [-0.2, 0) is 9.84 Å². The Kier molecular flexibility index (Phi) is 3.12. The molecule has 0 heterocycles. The SMILES string of the molecule is O=S(=O)(C1=C[C@H](O)CCC1)c1ccccc1. The largest absolute Gasteiger partial charge is 0.389 e. The third kappa shape index (κ3) is 2.18. The number of rotatable bonds is 2. The lowest BCUT2D eigenvalue weighted by atomic mass is 10.1. The van der Waals surface area contributed by atoms with Crippen LogP contribution in [0.15, 0.2) is 46.2 Å². The third-order valence-electron chi connectivity index (χ3n) is 2.70. The summed E-state index contributed by atoms with van der Waals surface area (Å²) in [5.41, 5.74) is 0. The molecule has 16 heavy (non-hydrogen) atoms. The molecule has 0 unspecified atom stereocenters. The van der Waals surface area contributed by atoms with Gasteiger partial charge in [0.25, 0.3) is 0 Å². The van der Waals surface area contributed by atoms with Crippen LogP contribution in [0.2, 0.25) is 0 Å². The van der Waals surface area contributed by atoms with Gasteiger partial charge in [-0.3, -0.25) is 0 Å². The van der Waals surface area contributed by atoms with Crippen LogP contribution in [0, 0.1) is 0 Å². The first-order chi connectivity index (χ1) is 7.60. The molecule has 86 valence electrons. The van der Waals surface area contributed by atoms with Crippen molar-refractivity contribution in [1.82, 2.24) is 0 Å². The van der Waals surface area contributed by atoms with Crippen LogP contribution in [0.25, 0.3) is 0 Å². The summed E-state index contributed by atoms with van der Waals surface area (Å²) in [7, 11) is -3.39. The summed E-state index contributed by atoms with van der Waals surface area (Å²) in [4.78, 5) is 0.646. The average molecular weight is 238 g/mol. The van der Waals surface area contributed by atoms with Crippen molar-refractivity contribution in [3.63, 3.8) is 0 Å². The molecule has 0 saturated heterocycles. The summed E-state index contributed by atoms with van der Waals surface area (Å²) in [6, 6.07) is 8.34. The fraction of sp³-hybridized carbons (Fsp3) is 0.333. The number of aliphatic hydroxyl groups excluding tert-OH is 1. The molecule has 4 heteroatoms. The van der Waals surface area contributed by atoms with E-state index < -0.39 is 15.9 Å². The lowest BCUT2D eigenvalue weighted by molar-refractivity contribution is 0.203. The molecule has 0 saturated carbocycles. The highest BCUT2D eigenvalue weighted by Crippen LogP contribution is 2.27. The summed E-state index contributed by atoms with van der Waals surface area (Å²) in [5.74, 6) is 0. The van der Waals surface area contributed by atoms with E-state index in [2.05, 4.69) is 0 Å².